The Kier molecular flexibility index (Phi) is 3.45. The third-order valence-electron chi connectivity index (χ3n) is 2.61. The molecule has 2 rings (SSSR count). The second-order valence-electron chi connectivity index (χ2n) is 3.85. The van der Waals surface area contributed by atoms with Gasteiger partial charge in [-0.25, -0.2) is 19.3 Å². The van der Waals surface area contributed by atoms with E-state index in [1.807, 2.05) is 0 Å². The number of hydrogen-bond acceptors (Lipinski definition) is 5. The number of hydrogen-bond donors (Lipinski definition) is 1. The summed E-state index contributed by atoms with van der Waals surface area (Å²) in [4.78, 5) is 27.7. The van der Waals surface area contributed by atoms with Gasteiger partial charge in [-0.1, -0.05) is 0 Å². The molecule has 8 nitrogen and oxygen atoms in total. The van der Waals surface area contributed by atoms with Crippen LogP contribution in [-0.2, 0) is 17.8 Å². The number of amides is 1. The van der Waals surface area contributed by atoms with Crippen molar-refractivity contribution >= 4 is 12.1 Å². The molecule has 0 aliphatic carbocycles. The number of aromatic nitrogens is 3. The highest BCUT2D eigenvalue weighted by molar-refractivity contribution is 5.85. The van der Waals surface area contributed by atoms with Gasteiger partial charge in [0.2, 0.25) is 0 Å². The van der Waals surface area contributed by atoms with Gasteiger partial charge in [0.15, 0.2) is 0 Å². The molecule has 0 saturated heterocycles. The molecule has 0 atom stereocenters. The molecule has 0 unspecified atom stereocenters. The molecule has 0 fully saturated rings. The minimum absolute atomic E-state index is 0.0147. The van der Waals surface area contributed by atoms with E-state index in [4.69, 9.17) is 9.84 Å². The zero-order valence-electron chi connectivity index (χ0n) is 10.00. The van der Waals surface area contributed by atoms with Crippen molar-refractivity contribution < 1.29 is 19.4 Å². The highest BCUT2D eigenvalue weighted by Gasteiger charge is 2.23. The Labute approximate surface area is 103 Å². The van der Waals surface area contributed by atoms with E-state index in [1.54, 1.807) is 11.6 Å². The zero-order valence-corrected chi connectivity index (χ0v) is 10.00. The summed E-state index contributed by atoms with van der Waals surface area (Å²) in [7, 11) is 0. The first kappa shape index (κ1) is 12.3. The van der Waals surface area contributed by atoms with Crippen molar-refractivity contribution in [2.75, 3.05) is 13.2 Å². The highest BCUT2D eigenvalue weighted by atomic mass is 16.5. The monoisotopic (exact) mass is 254 g/mol. The van der Waals surface area contributed by atoms with Crippen LogP contribution < -0.4 is 0 Å². The predicted octanol–water partition coefficient (Wildman–Crippen LogP) is 0.338. The van der Waals surface area contributed by atoms with Crippen molar-refractivity contribution in [3.8, 4) is 0 Å². The third kappa shape index (κ3) is 2.41. The second kappa shape index (κ2) is 5.03. The number of fused-ring (bicyclic) bond motifs is 1. The molecule has 98 valence electrons. The molecule has 1 amide bonds. The second-order valence-corrected chi connectivity index (χ2v) is 3.85. The highest BCUT2D eigenvalue weighted by Crippen LogP contribution is 2.11. The van der Waals surface area contributed by atoms with E-state index in [1.165, 1.54) is 4.90 Å². The van der Waals surface area contributed by atoms with E-state index in [-0.39, 0.29) is 19.0 Å². The molecule has 1 aliphatic heterocycles. The van der Waals surface area contributed by atoms with Crippen molar-refractivity contribution in [1.29, 1.82) is 0 Å². The van der Waals surface area contributed by atoms with Crippen LogP contribution in [-0.4, -0.2) is 50.0 Å². The Hall–Kier alpha value is -2.12. The number of nitrogens with zero attached hydrogens (tertiary/aromatic N) is 4. The first-order chi connectivity index (χ1) is 8.61. The van der Waals surface area contributed by atoms with Gasteiger partial charge in [0.05, 0.1) is 13.2 Å². The smallest absolute Gasteiger partial charge is 0.407 e. The van der Waals surface area contributed by atoms with Crippen LogP contribution in [0.3, 0.4) is 0 Å². The lowest BCUT2D eigenvalue weighted by Crippen LogP contribution is -2.29. The largest absolute Gasteiger partial charge is 0.465 e. The van der Waals surface area contributed by atoms with Crippen LogP contribution in [0.2, 0.25) is 0 Å². The van der Waals surface area contributed by atoms with Gasteiger partial charge >= 0.3 is 12.1 Å². The summed E-state index contributed by atoms with van der Waals surface area (Å²) in [6.07, 6.45) is -0.352. The van der Waals surface area contributed by atoms with E-state index in [0.717, 1.165) is 0 Å². The summed E-state index contributed by atoms with van der Waals surface area (Å²) >= 11 is 0. The van der Waals surface area contributed by atoms with Gasteiger partial charge in [0.1, 0.15) is 5.82 Å². The number of rotatable bonds is 2. The maximum atomic E-state index is 11.5. The topological polar surface area (TPSA) is 97.5 Å². The van der Waals surface area contributed by atoms with Crippen molar-refractivity contribution in [3.05, 3.63) is 11.6 Å². The molecular formula is C10H14N4O4. The number of carbonyl (C=O) groups excluding carboxylic acids is 1. The van der Waals surface area contributed by atoms with Crippen LogP contribution in [0.5, 0.6) is 0 Å². The van der Waals surface area contributed by atoms with Crippen LogP contribution >= 0.6 is 0 Å². The van der Waals surface area contributed by atoms with Gasteiger partial charge in [-0.3, -0.25) is 0 Å². The summed E-state index contributed by atoms with van der Waals surface area (Å²) in [5.74, 6) is -0.128. The number of carboxylic acid groups (broad SMARTS) is 1. The Bertz CT molecular complexity index is 470. The molecular weight excluding hydrogens is 240 g/mol. The van der Waals surface area contributed by atoms with E-state index in [9.17, 15) is 9.59 Å². The van der Waals surface area contributed by atoms with Crippen LogP contribution in [0.4, 0.5) is 4.79 Å². The number of esters is 1. The molecule has 1 N–H and O–H groups in total. The summed E-state index contributed by atoms with van der Waals surface area (Å²) in [6, 6.07) is 0. The fourth-order valence-corrected chi connectivity index (χ4v) is 1.78. The van der Waals surface area contributed by atoms with E-state index < -0.39 is 12.1 Å². The maximum Gasteiger partial charge on any atom is 0.407 e. The molecule has 0 saturated carbocycles. The molecule has 2 heterocycles. The lowest BCUT2D eigenvalue weighted by atomic mass is 10.4. The SMILES string of the molecule is CCOC(=O)c1nc2n(n1)CCCN(C(=O)O)C2. The number of ether oxygens (including phenoxy) is 1. The summed E-state index contributed by atoms with van der Waals surface area (Å²) in [5.41, 5.74) is 0. The van der Waals surface area contributed by atoms with Crippen molar-refractivity contribution in [3.63, 3.8) is 0 Å². The van der Waals surface area contributed by atoms with Crippen LogP contribution in [0.1, 0.15) is 29.8 Å². The minimum Gasteiger partial charge on any atom is -0.465 e. The molecule has 0 aromatic carbocycles. The third-order valence-corrected chi connectivity index (χ3v) is 2.61. The Balaban J connectivity index is 2.20. The fourth-order valence-electron chi connectivity index (χ4n) is 1.78. The van der Waals surface area contributed by atoms with Gasteiger partial charge in [-0.2, -0.15) is 0 Å². The van der Waals surface area contributed by atoms with Gasteiger partial charge < -0.3 is 14.7 Å². The molecule has 18 heavy (non-hydrogen) atoms. The molecule has 1 aliphatic rings. The quantitative estimate of drug-likeness (QED) is 0.764. The average molecular weight is 254 g/mol. The van der Waals surface area contributed by atoms with Gasteiger partial charge in [0, 0.05) is 13.1 Å². The number of aryl methyl sites for hydroxylation is 1. The predicted molar refractivity (Wildman–Crippen MR) is 59.0 cm³/mol. The van der Waals surface area contributed by atoms with Gasteiger partial charge in [-0.15, -0.1) is 5.10 Å². The Morgan fingerprint density at radius 2 is 2.22 bits per heavy atom. The minimum atomic E-state index is -0.996. The van der Waals surface area contributed by atoms with Crippen LogP contribution in [0.15, 0.2) is 0 Å². The van der Waals surface area contributed by atoms with Gasteiger partial charge in [0.25, 0.3) is 5.82 Å². The van der Waals surface area contributed by atoms with E-state index in [2.05, 4.69) is 10.1 Å². The molecule has 8 heteroatoms. The van der Waals surface area contributed by atoms with Crippen LogP contribution in [0.25, 0.3) is 0 Å². The summed E-state index contributed by atoms with van der Waals surface area (Å²) in [6.45, 7) is 3.08. The summed E-state index contributed by atoms with van der Waals surface area (Å²) in [5, 5.41) is 13.0. The van der Waals surface area contributed by atoms with E-state index >= 15 is 0 Å². The zero-order chi connectivity index (χ0) is 13.1. The number of carbonyl (C=O) groups is 2. The van der Waals surface area contributed by atoms with Gasteiger partial charge in [-0.05, 0) is 13.3 Å². The maximum absolute atomic E-state index is 11.5. The molecule has 0 spiro atoms. The lowest BCUT2D eigenvalue weighted by Gasteiger charge is -2.14. The standard InChI is InChI=1S/C10H14N4O4/c1-2-18-9(15)8-11-7-6-13(10(16)17)4-3-5-14(7)12-8/h2-6H2,1H3,(H,16,17). The van der Waals surface area contributed by atoms with Crippen molar-refractivity contribution in [2.45, 2.75) is 26.4 Å². The molecule has 1 aromatic heterocycles. The first-order valence-electron chi connectivity index (χ1n) is 5.70. The van der Waals surface area contributed by atoms with Crippen molar-refractivity contribution in [1.82, 2.24) is 19.7 Å². The average Bonchev–Trinajstić information content (AvgIpc) is 2.61. The molecule has 0 radical (unpaired) electrons. The molecule has 0 bridgehead atoms. The fraction of sp³-hybridized carbons (Fsp3) is 0.600. The van der Waals surface area contributed by atoms with Crippen molar-refractivity contribution in [2.24, 2.45) is 0 Å². The van der Waals surface area contributed by atoms with Crippen LogP contribution in [0, 0.1) is 0 Å². The Morgan fingerprint density at radius 1 is 1.44 bits per heavy atom. The molecule has 1 aromatic rings. The lowest BCUT2D eigenvalue weighted by molar-refractivity contribution is 0.0511. The summed E-state index contributed by atoms with van der Waals surface area (Å²) < 4.78 is 6.37. The Morgan fingerprint density at radius 3 is 2.89 bits per heavy atom. The first-order valence-corrected chi connectivity index (χ1v) is 5.70. The normalized spacial score (nSPS) is 14.8. The van der Waals surface area contributed by atoms with E-state index in [0.29, 0.717) is 25.3 Å².